The van der Waals surface area contributed by atoms with Gasteiger partial charge in [-0.05, 0) is 76.5 Å². The van der Waals surface area contributed by atoms with E-state index in [1.807, 2.05) is 4.90 Å². The second-order valence-electron chi connectivity index (χ2n) is 9.39. The Balaban J connectivity index is 0. The van der Waals surface area contributed by atoms with Gasteiger partial charge in [0.2, 0.25) is 5.91 Å². The Labute approximate surface area is 202 Å². The highest BCUT2D eigenvalue weighted by atomic mass is 35.5. The van der Waals surface area contributed by atoms with Crippen molar-refractivity contribution in [1.82, 2.24) is 15.1 Å². The first-order valence-corrected chi connectivity index (χ1v) is 11.8. The monoisotopic (exact) mass is 483 g/mol. The van der Waals surface area contributed by atoms with Crippen molar-refractivity contribution < 1.29 is 14.7 Å². The van der Waals surface area contributed by atoms with Gasteiger partial charge in [-0.2, -0.15) is 0 Å². The molecule has 0 aromatic heterocycles. The number of amides is 1. The molecule has 6 nitrogen and oxygen atoms in total. The number of carbonyl (C=O) groups is 2. The topological polar surface area (TPSA) is 72.9 Å². The number of nitrogens with one attached hydrogen (secondary N) is 1. The molecule has 0 aromatic rings. The number of nitrogens with zero attached hydrogens (tertiary/aromatic N) is 2. The summed E-state index contributed by atoms with van der Waals surface area (Å²) in [4.78, 5) is 28.8. The van der Waals surface area contributed by atoms with Gasteiger partial charge in [0.25, 0.3) is 0 Å². The highest BCUT2D eigenvalue weighted by molar-refractivity contribution is 5.85. The Hall–Kier alpha value is -0.560. The van der Waals surface area contributed by atoms with Crippen LogP contribution in [0.15, 0.2) is 0 Å². The first-order chi connectivity index (χ1) is 13.8. The molecule has 0 unspecified atom stereocenters. The van der Waals surface area contributed by atoms with Gasteiger partial charge < -0.3 is 20.2 Å². The molecule has 1 heterocycles. The fourth-order valence-electron chi connectivity index (χ4n) is 3.72. The lowest BCUT2D eigenvalue weighted by Crippen LogP contribution is -2.48. The largest absolute Gasteiger partial charge is 0.481 e. The van der Waals surface area contributed by atoms with Crippen molar-refractivity contribution in [1.29, 1.82) is 0 Å². The van der Waals surface area contributed by atoms with Crippen LogP contribution in [-0.2, 0) is 9.59 Å². The van der Waals surface area contributed by atoms with Crippen LogP contribution in [0.1, 0.15) is 79.1 Å². The SMILES string of the molecule is CC(C)CCN(CCC(C)C)C(=O)[C@H](CCC(=O)O)NCCCN1CCCCC1.Cl.Cl. The van der Waals surface area contributed by atoms with Crippen molar-refractivity contribution in [3.05, 3.63) is 0 Å². The van der Waals surface area contributed by atoms with E-state index in [-0.39, 0.29) is 37.1 Å². The molecule has 0 aromatic carbocycles. The first-order valence-electron chi connectivity index (χ1n) is 11.8. The number of carboxylic acid groups (broad SMARTS) is 1. The number of hydrogen-bond donors (Lipinski definition) is 2. The van der Waals surface area contributed by atoms with Crippen LogP contribution >= 0.6 is 24.8 Å². The fourth-order valence-corrected chi connectivity index (χ4v) is 3.72. The number of hydrogen-bond acceptors (Lipinski definition) is 4. The Morgan fingerprint density at radius 2 is 1.48 bits per heavy atom. The molecule has 1 amide bonds. The molecule has 1 aliphatic heterocycles. The summed E-state index contributed by atoms with van der Waals surface area (Å²) in [6.45, 7) is 14.4. The van der Waals surface area contributed by atoms with Crippen LogP contribution in [0.2, 0.25) is 0 Å². The van der Waals surface area contributed by atoms with Crippen LogP contribution < -0.4 is 5.32 Å². The maximum absolute atomic E-state index is 13.2. The maximum atomic E-state index is 13.2. The smallest absolute Gasteiger partial charge is 0.303 e. The van der Waals surface area contributed by atoms with Crippen LogP contribution in [0.25, 0.3) is 0 Å². The highest BCUT2D eigenvalue weighted by Gasteiger charge is 2.25. The Kier molecular flexibility index (Phi) is 19.9. The molecule has 8 heteroatoms. The van der Waals surface area contributed by atoms with Crippen LogP contribution in [0.4, 0.5) is 0 Å². The molecule has 1 saturated heterocycles. The standard InChI is InChI=1S/C23H45N3O3.2ClH/c1-19(2)11-17-26(18-12-20(3)4)23(29)21(9-10-22(27)28)24-13-8-16-25-14-6-5-7-15-25;;/h19-21,24H,5-18H2,1-4H3,(H,27,28);2*1H/t21-;;/m0../s1. The van der Waals surface area contributed by atoms with Crippen LogP contribution in [-0.4, -0.2) is 72.1 Å². The number of rotatable bonds is 15. The molecule has 0 bridgehead atoms. The van der Waals surface area contributed by atoms with Gasteiger partial charge in [0.05, 0.1) is 6.04 Å². The van der Waals surface area contributed by atoms with Crippen molar-refractivity contribution in [2.75, 3.05) is 39.3 Å². The van der Waals surface area contributed by atoms with Gasteiger partial charge in [0, 0.05) is 19.5 Å². The number of carbonyl (C=O) groups excluding carboxylic acids is 1. The number of carboxylic acids is 1. The summed E-state index contributed by atoms with van der Waals surface area (Å²) in [5, 5.41) is 12.5. The highest BCUT2D eigenvalue weighted by Crippen LogP contribution is 2.12. The Bertz CT molecular complexity index is 461. The molecule has 186 valence electrons. The van der Waals surface area contributed by atoms with E-state index in [0.29, 0.717) is 18.3 Å². The van der Waals surface area contributed by atoms with E-state index < -0.39 is 12.0 Å². The van der Waals surface area contributed by atoms with E-state index in [2.05, 4.69) is 37.9 Å². The lowest BCUT2D eigenvalue weighted by Gasteiger charge is -2.30. The molecule has 1 rings (SSSR count). The molecule has 0 aliphatic carbocycles. The fraction of sp³-hybridized carbons (Fsp3) is 0.913. The molecule has 31 heavy (non-hydrogen) atoms. The van der Waals surface area contributed by atoms with Crippen molar-refractivity contribution in [2.45, 2.75) is 85.1 Å². The molecular weight excluding hydrogens is 437 g/mol. The van der Waals surface area contributed by atoms with E-state index in [1.165, 1.54) is 32.4 Å². The minimum Gasteiger partial charge on any atom is -0.481 e. The number of likely N-dealkylation sites (tertiary alicyclic amines) is 1. The third-order valence-corrected chi connectivity index (χ3v) is 5.70. The third kappa shape index (κ3) is 15.8. The molecule has 0 radical (unpaired) electrons. The molecule has 0 spiro atoms. The second kappa shape index (κ2) is 19.0. The lowest BCUT2D eigenvalue weighted by molar-refractivity contribution is -0.138. The lowest BCUT2D eigenvalue weighted by atomic mass is 10.1. The van der Waals surface area contributed by atoms with Crippen molar-refractivity contribution in [3.63, 3.8) is 0 Å². The molecular formula is C23H47Cl2N3O3. The summed E-state index contributed by atoms with van der Waals surface area (Å²) in [5.41, 5.74) is 0. The zero-order chi connectivity index (χ0) is 21.6. The predicted octanol–water partition coefficient (Wildman–Crippen LogP) is 4.45. The van der Waals surface area contributed by atoms with Crippen LogP contribution in [0.3, 0.4) is 0 Å². The van der Waals surface area contributed by atoms with Crippen LogP contribution in [0, 0.1) is 11.8 Å². The minimum absolute atomic E-state index is 0. The van der Waals surface area contributed by atoms with Crippen molar-refractivity contribution in [3.8, 4) is 0 Å². The third-order valence-electron chi connectivity index (χ3n) is 5.70. The maximum Gasteiger partial charge on any atom is 0.303 e. The summed E-state index contributed by atoms with van der Waals surface area (Å²) in [6, 6.07) is -0.396. The summed E-state index contributed by atoms with van der Waals surface area (Å²) in [5.74, 6) is 0.318. The van der Waals surface area contributed by atoms with E-state index in [0.717, 1.165) is 45.4 Å². The number of aliphatic carboxylic acids is 1. The van der Waals surface area contributed by atoms with E-state index >= 15 is 0 Å². The molecule has 0 saturated carbocycles. The number of halogens is 2. The zero-order valence-electron chi connectivity index (χ0n) is 20.1. The minimum atomic E-state index is -0.839. The summed E-state index contributed by atoms with van der Waals surface area (Å²) in [7, 11) is 0. The van der Waals surface area contributed by atoms with E-state index in [1.54, 1.807) is 0 Å². The van der Waals surface area contributed by atoms with Crippen molar-refractivity contribution in [2.24, 2.45) is 11.8 Å². The van der Waals surface area contributed by atoms with Crippen molar-refractivity contribution >= 4 is 36.7 Å². The normalized spacial score (nSPS) is 15.3. The van der Waals surface area contributed by atoms with Gasteiger partial charge in [-0.1, -0.05) is 34.1 Å². The summed E-state index contributed by atoms with van der Waals surface area (Å²) < 4.78 is 0. The van der Waals surface area contributed by atoms with Gasteiger partial charge in [0.15, 0.2) is 0 Å². The Morgan fingerprint density at radius 1 is 0.935 bits per heavy atom. The molecule has 1 atom stereocenters. The van der Waals surface area contributed by atoms with Gasteiger partial charge in [-0.15, -0.1) is 24.8 Å². The van der Waals surface area contributed by atoms with Gasteiger partial charge >= 0.3 is 5.97 Å². The van der Waals surface area contributed by atoms with E-state index in [4.69, 9.17) is 5.11 Å². The van der Waals surface area contributed by atoms with Crippen LogP contribution in [0.5, 0.6) is 0 Å². The molecule has 1 aliphatic rings. The second-order valence-corrected chi connectivity index (χ2v) is 9.39. The zero-order valence-corrected chi connectivity index (χ0v) is 21.7. The number of piperidine rings is 1. The summed E-state index contributed by atoms with van der Waals surface area (Å²) in [6.07, 6.45) is 7.24. The van der Waals surface area contributed by atoms with Gasteiger partial charge in [-0.25, -0.2) is 0 Å². The molecule has 1 fully saturated rings. The average molecular weight is 485 g/mol. The Morgan fingerprint density at radius 3 is 1.97 bits per heavy atom. The first kappa shape index (κ1) is 32.6. The average Bonchev–Trinajstić information content (AvgIpc) is 2.67. The molecule has 2 N–H and O–H groups in total. The van der Waals surface area contributed by atoms with E-state index in [9.17, 15) is 9.59 Å². The van der Waals surface area contributed by atoms with Gasteiger partial charge in [0.1, 0.15) is 0 Å². The quantitative estimate of drug-likeness (QED) is 0.336. The summed E-state index contributed by atoms with van der Waals surface area (Å²) >= 11 is 0. The van der Waals surface area contributed by atoms with Gasteiger partial charge in [-0.3, -0.25) is 9.59 Å². The predicted molar refractivity (Wildman–Crippen MR) is 134 cm³/mol.